The first-order valence-electron chi connectivity index (χ1n) is 4.97. The molecule has 2 nitrogen and oxygen atoms in total. The summed E-state index contributed by atoms with van der Waals surface area (Å²) in [6, 6.07) is 8.22. The molecule has 0 saturated heterocycles. The van der Waals surface area contributed by atoms with Gasteiger partial charge in [0.1, 0.15) is 0 Å². The third kappa shape index (κ3) is 2.12. The third-order valence-corrected chi connectivity index (χ3v) is 2.89. The van der Waals surface area contributed by atoms with Crippen molar-refractivity contribution in [3.05, 3.63) is 40.8 Å². The van der Waals surface area contributed by atoms with Crippen molar-refractivity contribution in [3.8, 4) is 11.3 Å². The van der Waals surface area contributed by atoms with Crippen LogP contribution in [0, 0.1) is 0 Å². The van der Waals surface area contributed by atoms with E-state index in [2.05, 4.69) is 51.9 Å². The molecule has 0 spiro atoms. The van der Waals surface area contributed by atoms with E-state index in [1.165, 1.54) is 5.69 Å². The molecule has 2 rings (SSSR count). The molecule has 0 saturated carbocycles. The lowest BCUT2D eigenvalue weighted by atomic mass is 10.0. The van der Waals surface area contributed by atoms with Gasteiger partial charge in [-0.1, -0.05) is 41.9 Å². The van der Waals surface area contributed by atoms with E-state index in [0.29, 0.717) is 5.92 Å². The van der Waals surface area contributed by atoms with E-state index in [-0.39, 0.29) is 0 Å². The lowest BCUT2D eigenvalue weighted by Gasteiger charge is -2.05. The second-order valence-corrected chi connectivity index (χ2v) is 4.74. The Hall–Kier alpha value is -1.09. The van der Waals surface area contributed by atoms with Gasteiger partial charge in [0, 0.05) is 15.7 Å². The van der Waals surface area contributed by atoms with Crippen molar-refractivity contribution >= 4 is 15.9 Å². The molecule has 0 atom stereocenters. The minimum atomic E-state index is 0.464. The molecule has 0 bridgehead atoms. The summed E-state index contributed by atoms with van der Waals surface area (Å²) < 4.78 is 1.09. The highest BCUT2D eigenvalue weighted by Crippen LogP contribution is 2.26. The Morgan fingerprint density at radius 1 is 1.20 bits per heavy atom. The summed E-state index contributed by atoms with van der Waals surface area (Å²) in [6.07, 6.45) is 1.76. The molecule has 1 aromatic carbocycles. The fraction of sp³-hybridized carbons (Fsp3) is 0.250. The van der Waals surface area contributed by atoms with Crippen LogP contribution >= 0.6 is 15.9 Å². The maximum Gasteiger partial charge on any atom is 0.0929 e. The van der Waals surface area contributed by atoms with E-state index in [1.807, 2.05) is 12.1 Å². The van der Waals surface area contributed by atoms with Crippen molar-refractivity contribution in [2.75, 3.05) is 0 Å². The van der Waals surface area contributed by atoms with Crippen LogP contribution in [0.5, 0.6) is 0 Å². The smallest absolute Gasteiger partial charge is 0.0929 e. The molecular weight excluding hydrogens is 252 g/mol. The third-order valence-electron chi connectivity index (χ3n) is 2.36. The first-order valence-corrected chi connectivity index (χ1v) is 5.77. The second-order valence-electron chi connectivity index (χ2n) is 3.83. The summed E-state index contributed by atoms with van der Waals surface area (Å²) in [7, 11) is 0. The molecule has 0 unspecified atom stereocenters. The number of hydrogen-bond donors (Lipinski definition) is 1. The predicted octanol–water partition coefficient (Wildman–Crippen LogP) is 3.96. The van der Waals surface area contributed by atoms with Crippen LogP contribution in [0.2, 0.25) is 0 Å². The zero-order valence-electron chi connectivity index (χ0n) is 8.79. The normalized spacial score (nSPS) is 10.9. The molecule has 0 aliphatic heterocycles. The first-order chi connectivity index (χ1) is 7.18. The number of imidazole rings is 1. The standard InChI is InChI=1S/C12H13BrN2/c1-8(2)11-12(15-7-14-11)9-3-5-10(13)6-4-9/h3-8H,1-2H3,(H,14,15). The van der Waals surface area contributed by atoms with Gasteiger partial charge < -0.3 is 4.98 Å². The van der Waals surface area contributed by atoms with Gasteiger partial charge >= 0.3 is 0 Å². The Bertz CT molecular complexity index is 443. The van der Waals surface area contributed by atoms with Crippen LogP contribution in [0.15, 0.2) is 35.1 Å². The van der Waals surface area contributed by atoms with Crippen LogP contribution in [-0.4, -0.2) is 9.97 Å². The average molecular weight is 265 g/mol. The highest BCUT2D eigenvalue weighted by Gasteiger charge is 2.10. The number of nitrogens with one attached hydrogen (secondary N) is 1. The molecule has 0 aliphatic rings. The quantitative estimate of drug-likeness (QED) is 0.874. The Morgan fingerprint density at radius 3 is 2.47 bits per heavy atom. The van der Waals surface area contributed by atoms with Crippen molar-refractivity contribution in [2.24, 2.45) is 0 Å². The molecule has 2 aromatic rings. The summed E-state index contributed by atoms with van der Waals surface area (Å²) >= 11 is 3.43. The summed E-state index contributed by atoms with van der Waals surface area (Å²) in [5.74, 6) is 0.464. The molecule has 0 aliphatic carbocycles. The van der Waals surface area contributed by atoms with Gasteiger partial charge in [-0.05, 0) is 18.1 Å². The molecule has 1 aromatic heterocycles. The highest BCUT2D eigenvalue weighted by molar-refractivity contribution is 9.10. The monoisotopic (exact) mass is 264 g/mol. The van der Waals surface area contributed by atoms with Crippen LogP contribution in [0.4, 0.5) is 0 Å². The Morgan fingerprint density at radius 2 is 1.87 bits per heavy atom. The lowest BCUT2D eigenvalue weighted by molar-refractivity contribution is 0.835. The van der Waals surface area contributed by atoms with E-state index in [9.17, 15) is 0 Å². The lowest BCUT2D eigenvalue weighted by Crippen LogP contribution is -1.91. The number of halogens is 1. The fourth-order valence-electron chi connectivity index (χ4n) is 1.58. The molecule has 0 amide bonds. The van der Waals surface area contributed by atoms with E-state index in [0.717, 1.165) is 15.7 Å². The van der Waals surface area contributed by atoms with Gasteiger partial charge in [-0.3, -0.25) is 0 Å². The van der Waals surface area contributed by atoms with Crippen LogP contribution < -0.4 is 0 Å². The summed E-state index contributed by atoms with van der Waals surface area (Å²) in [6.45, 7) is 4.33. The number of H-pyrrole nitrogens is 1. The van der Waals surface area contributed by atoms with Crippen LogP contribution in [0.25, 0.3) is 11.3 Å². The number of benzene rings is 1. The van der Waals surface area contributed by atoms with Gasteiger partial charge in [-0.2, -0.15) is 0 Å². The van der Waals surface area contributed by atoms with Crippen LogP contribution in [-0.2, 0) is 0 Å². The van der Waals surface area contributed by atoms with E-state index in [4.69, 9.17) is 0 Å². The zero-order chi connectivity index (χ0) is 10.8. The maximum atomic E-state index is 4.37. The molecule has 0 radical (unpaired) electrons. The van der Waals surface area contributed by atoms with Crippen molar-refractivity contribution < 1.29 is 0 Å². The fourth-order valence-corrected chi connectivity index (χ4v) is 1.85. The van der Waals surface area contributed by atoms with Crippen molar-refractivity contribution in [1.29, 1.82) is 0 Å². The molecule has 78 valence electrons. The summed E-state index contributed by atoms with van der Waals surface area (Å²) in [4.78, 5) is 7.56. The maximum absolute atomic E-state index is 4.37. The number of nitrogens with zero attached hydrogens (tertiary/aromatic N) is 1. The molecule has 1 N–H and O–H groups in total. The number of rotatable bonds is 2. The molecule has 15 heavy (non-hydrogen) atoms. The van der Waals surface area contributed by atoms with Crippen LogP contribution in [0.1, 0.15) is 25.5 Å². The minimum absolute atomic E-state index is 0.464. The van der Waals surface area contributed by atoms with Gasteiger partial charge in [-0.15, -0.1) is 0 Å². The van der Waals surface area contributed by atoms with Gasteiger partial charge in [0.15, 0.2) is 0 Å². The van der Waals surface area contributed by atoms with Gasteiger partial charge in [0.05, 0.1) is 12.0 Å². The Labute approximate surface area is 97.9 Å². The SMILES string of the molecule is CC(C)c1[nH]cnc1-c1ccc(Br)cc1. The molecule has 1 heterocycles. The summed E-state index contributed by atoms with van der Waals surface area (Å²) in [5, 5.41) is 0. The average Bonchev–Trinajstić information content (AvgIpc) is 2.67. The number of aromatic nitrogens is 2. The van der Waals surface area contributed by atoms with Crippen molar-refractivity contribution in [3.63, 3.8) is 0 Å². The topological polar surface area (TPSA) is 28.7 Å². The van der Waals surface area contributed by atoms with E-state index in [1.54, 1.807) is 6.33 Å². The minimum Gasteiger partial charge on any atom is -0.348 e. The summed E-state index contributed by atoms with van der Waals surface area (Å²) in [5.41, 5.74) is 3.40. The molecule has 3 heteroatoms. The molecule has 0 fully saturated rings. The molecular formula is C12H13BrN2. The Kier molecular flexibility index (Phi) is 2.91. The number of hydrogen-bond acceptors (Lipinski definition) is 1. The van der Waals surface area contributed by atoms with Gasteiger partial charge in [0.2, 0.25) is 0 Å². The van der Waals surface area contributed by atoms with Crippen LogP contribution in [0.3, 0.4) is 0 Å². The predicted molar refractivity (Wildman–Crippen MR) is 65.8 cm³/mol. The van der Waals surface area contributed by atoms with Gasteiger partial charge in [0.25, 0.3) is 0 Å². The van der Waals surface area contributed by atoms with Crippen molar-refractivity contribution in [2.45, 2.75) is 19.8 Å². The first kappa shape index (κ1) is 10.4. The van der Waals surface area contributed by atoms with Crippen molar-refractivity contribution in [1.82, 2.24) is 9.97 Å². The second kappa shape index (κ2) is 4.19. The van der Waals surface area contributed by atoms with E-state index < -0.39 is 0 Å². The number of aromatic amines is 1. The van der Waals surface area contributed by atoms with Gasteiger partial charge in [-0.25, -0.2) is 4.98 Å². The zero-order valence-corrected chi connectivity index (χ0v) is 10.4. The van der Waals surface area contributed by atoms with E-state index >= 15 is 0 Å². The Balaban J connectivity index is 2.45. The largest absolute Gasteiger partial charge is 0.348 e. The highest BCUT2D eigenvalue weighted by atomic mass is 79.9.